The molecule has 1 saturated carbocycles. The number of hydrogen-bond donors (Lipinski definition) is 4. The smallest absolute Gasteiger partial charge is 0.201 e. The van der Waals surface area contributed by atoms with E-state index in [1.54, 1.807) is 27.1 Å². The summed E-state index contributed by atoms with van der Waals surface area (Å²) in [4.78, 5) is 6.46. The molecule has 1 aliphatic carbocycles. The highest BCUT2D eigenvalue weighted by atomic mass is 35.5. The standard InChI is InChI=1S/C29H39ClN8O4S/c1-17(2)43(40,41)28-24(16-37(4)36-28)33-27-22(30)15-32-29(35-27)34-23-13-18(3)21(14-25(23)42-20-5-6-20)19-8-11-38(12-9-19)26(39)7-10-31/h13-17,19-20,26,29,33-35,39H,5-9,11-12H2,1-4H3. The van der Waals surface area contributed by atoms with Crippen LogP contribution >= 0.6 is 11.6 Å². The summed E-state index contributed by atoms with van der Waals surface area (Å²) in [5.41, 5.74) is 3.44. The lowest BCUT2D eigenvalue weighted by Gasteiger charge is -2.35. The summed E-state index contributed by atoms with van der Waals surface area (Å²) in [5.74, 6) is 1.46. The van der Waals surface area contributed by atoms with Gasteiger partial charge in [-0.3, -0.25) is 9.58 Å². The summed E-state index contributed by atoms with van der Waals surface area (Å²) in [6, 6.07) is 6.24. The van der Waals surface area contributed by atoms with E-state index in [4.69, 9.17) is 21.6 Å². The third-order valence-electron chi connectivity index (χ3n) is 7.94. The minimum absolute atomic E-state index is 0.0486. The van der Waals surface area contributed by atoms with Crippen molar-refractivity contribution in [3.8, 4) is 11.8 Å². The number of nitrogens with zero attached hydrogens (tertiary/aromatic N) is 5. The quantitative estimate of drug-likeness (QED) is 0.288. The fourth-order valence-corrected chi connectivity index (χ4v) is 6.58. The van der Waals surface area contributed by atoms with E-state index >= 15 is 0 Å². The largest absolute Gasteiger partial charge is 0.488 e. The second-order valence-corrected chi connectivity index (χ2v) is 14.4. The molecule has 12 nitrogen and oxygen atoms in total. The molecule has 43 heavy (non-hydrogen) atoms. The first-order chi connectivity index (χ1) is 20.5. The molecule has 2 aliphatic heterocycles. The molecule has 2 atom stereocenters. The van der Waals surface area contributed by atoms with Gasteiger partial charge in [0.2, 0.25) is 14.9 Å². The molecule has 1 aromatic heterocycles. The molecule has 0 amide bonds. The molecule has 0 spiro atoms. The van der Waals surface area contributed by atoms with Gasteiger partial charge in [-0.2, -0.15) is 10.4 Å². The van der Waals surface area contributed by atoms with E-state index in [0.29, 0.717) is 22.5 Å². The molecule has 14 heteroatoms. The lowest BCUT2D eigenvalue weighted by Crippen LogP contribution is -2.40. The maximum atomic E-state index is 12.9. The fraction of sp³-hybridized carbons (Fsp3) is 0.552. The minimum Gasteiger partial charge on any atom is -0.488 e. The van der Waals surface area contributed by atoms with Gasteiger partial charge in [-0.1, -0.05) is 11.6 Å². The molecular formula is C29H39ClN8O4S. The van der Waals surface area contributed by atoms with E-state index in [9.17, 15) is 13.5 Å². The Balaban J connectivity index is 1.32. The number of likely N-dealkylation sites (tertiary alicyclic amines) is 1. The minimum atomic E-state index is -3.64. The van der Waals surface area contributed by atoms with E-state index in [0.717, 1.165) is 55.8 Å². The molecule has 0 bridgehead atoms. The fourth-order valence-electron chi connectivity index (χ4n) is 5.32. The Labute approximate surface area is 257 Å². The average Bonchev–Trinajstić information content (AvgIpc) is 3.71. The van der Waals surface area contributed by atoms with Crippen molar-refractivity contribution in [1.82, 2.24) is 20.0 Å². The number of aryl methyl sites for hydroxylation is 2. The molecule has 232 valence electrons. The Kier molecular flexibility index (Phi) is 9.22. The predicted octanol–water partition coefficient (Wildman–Crippen LogP) is 3.75. The Bertz CT molecular complexity index is 1550. The van der Waals surface area contributed by atoms with Crippen molar-refractivity contribution in [2.75, 3.05) is 23.7 Å². The van der Waals surface area contributed by atoms with Gasteiger partial charge in [0, 0.05) is 32.5 Å². The Morgan fingerprint density at radius 2 is 1.95 bits per heavy atom. The van der Waals surface area contributed by atoms with Crippen LogP contribution in [-0.4, -0.2) is 71.4 Å². The van der Waals surface area contributed by atoms with Crippen LogP contribution in [0.1, 0.15) is 63.0 Å². The van der Waals surface area contributed by atoms with Gasteiger partial charge >= 0.3 is 0 Å². The van der Waals surface area contributed by atoms with E-state index in [1.807, 2.05) is 11.0 Å². The molecule has 2 unspecified atom stereocenters. The predicted molar refractivity (Wildman–Crippen MR) is 166 cm³/mol. The van der Waals surface area contributed by atoms with Crippen LogP contribution < -0.4 is 20.7 Å². The van der Waals surface area contributed by atoms with Gasteiger partial charge in [0.1, 0.15) is 17.8 Å². The summed E-state index contributed by atoms with van der Waals surface area (Å²) in [6.45, 7) is 6.77. The van der Waals surface area contributed by atoms with Crippen molar-refractivity contribution in [1.29, 1.82) is 5.26 Å². The molecule has 0 radical (unpaired) electrons. The van der Waals surface area contributed by atoms with Crippen molar-refractivity contribution < 1.29 is 18.3 Å². The molecule has 1 aromatic carbocycles. The lowest BCUT2D eigenvalue weighted by molar-refractivity contribution is -0.00729. The van der Waals surface area contributed by atoms with Gasteiger partial charge in [0.25, 0.3) is 0 Å². The highest BCUT2D eigenvalue weighted by Gasteiger charge is 2.30. The third-order valence-corrected chi connectivity index (χ3v) is 10.3. The van der Waals surface area contributed by atoms with E-state index < -0.39 is 27.6 Å². The summed E-state index contributed by atoms with van der Waals surface area (Å²) < 4.78 is 33.6. The van der Waals surface area contributed by atoms with Crippen molar-refractivity contribution in [3.63, 3.8) is 0 Å². The Morgan fingerprint density at radius 1 is 1.23 bits per heavy atom. The van der Waals surface area contributed by atoms with Gasteiger partial charge < -0.3 is 25.8 Å². The average molecular weight is 631 g/mol. The molecule has 5 rings (SSSR count). The number of anilines is 2. The molecular weight excluding hydrogens is 592 g/mol. The zero-order valence-electron chi connectivity index (χ0n) is 24.8. The van der Waals surface area contributed by atoms with E-state index in [-0.39, 0.29) is 17.6 Å². The van der Waals surface area contributed by atoms with Crippen molar-refractivity contribution in [2.24, 2.45) is 12.0 Å². The second kappa shape index (κ2) is 12.7. The summed E-state index contributed by atoms with van der Waals surface area (Å²) >= 11 is 6.47. The Morgan fingerprint density at radius 3 is 2.60 bits per heavy atom. The van der Waals surface area contributed by atoms with Crippen molar-refractivity contribution in [3.05, 3.63) is 40.3 Å². The van der Waals surface area contributed by atoms with E-state index in [2.05, 4.69) is 45.1 Å². The Hall–Kier alpha value is -3.31. The van der Waals surface area contributed by atoms with Gasteiger partial charge in [0.15, 0.2) is 6.29 Å². The number of aliphatic hydroxyl groups is 1. The zero-order chi connectivity index (χ0) is 30.9. The number of nitrogens with one attached hydrogen (secondary N) is 3. The van der Waals surface area contributed by atoms with Crippen LogP contribution in [0.15, 0.2) is 39.2 Å². The maximum absolute atomic E-state index is 12.9. The van der Waals surface area contributed by atoms with Crippen LogP contribution in [0.4, 0.5) is 11.4 Å². The van der Waals surface area contributed by atoms with Gasteiger partial charge in [-0.25, -0.2) is 13.4 Å². The third kappa shape index (κ3) is 7.09. The number of allylic oxidation sites excluding steroid dienone is 1. The number of benzene rings is 1. The molecule has 3 aliphatic rings. The maximum Gasteiger partial charge on any atom is 0.201 e. The SMILES string of the molecule is Cc1cc(NC2N=CC(Cl)=C(Nc3cn(C)nc3S(=O)(=O)C(C)C)N2)c(OC2CC2)cc1C1CCN(C(O)CC#N)CC1. The monoisotopic (exact) mass is 630 g/mol. The molecule has 2 aromatic rings. The highest BCUT2D eigenvalue weighted by molar-refractivity contribution is 7.92. The first-order valence-electron chi connectivity index (χ1n) is 14.6. The second-order valence-electron chi connectivity index (χ2n) is 11.6. The highest BCUT2D eigenvalue weighted by Crippen LogP contribution is 2.40. The molecule has 2 fully saturated rings. The number of halogens is 1. The van der Waals surface area contributed by atoms with Crippen LogP contribution in [-0.2, 0) is 16.9 Å². The van der Waals surface area contributed by atoms with Gasteiger partial charge in [-0.15, -0.1) is 0 Å². The first-order valence-corrected chi connectivity index (χ1v) is 16.5. The van der Waals surface area contributed by atoms with Crippen LogP contribution in [0.25, 0.3) is 0 Å². The summed E-state index contributed by atoms with van der Waals surface area (Å²) in [5, 5.41) is 32.7. The zero-order valence-corrected chi connectivity index (χ0v) is 26.4. The number of hydrogen-bond acceptors (Lipinski definition) is 11. The number of rotatable bonds is 11. The normalized spacial score (nSPS) is 20.6. The van der Waals surface area contributed by atoms with Gasteiger partial charge in [0.05, 0.1) is 40.3 Å². The summed E-state index contributed by atoms with van der Waals surface area (Å²) in [7, 11) is -1.98. The summed E-state index contributed by atoms with van der Waals surface area (Å²) in [6.07, 6.45) is 5.87. The van der Waals surface area contributed by atoms with Crippen molar-refractivity contribution >= 4 is 39.0 Å². The number of nitriles is 1. The lowest BCUT2D eigenvalue weighted by atomic mass is 9.86. The van der Waals surface area contributed by atoms with Crippen LogP contribution in [0, 0.1) is 18.3 Å². The molecule has 3 heterocycles. The first kappa shape index (κ1) is 31.1. The number of aliphatic hydroxyl groups excluding tert-OH is 1. The number of sulfone groups is 1. The number of aromatic nitrogens is 2. The van der Waals surface area contributed by atoms with Crippen molar-refractivity contribution in [2.45, 2.75) is 87.7 Å². The molecule has 4 N–H and O–H groups in total. The van der Waals surface area contributed by atoms with Gasteiger partial charge in [-0.05, 0) is 75.6 Å². The van der Waals surface area contributed by atoms with E-state index in [1.165, 1.54) is 16.5 Å². The van der Waals surface area contributed by atoms with Crippen LogP contribution in [0.2, 0.25) is 0 Å². The van der Waals surface area contributed by atoms with Crippen LogP contribution in [0.5, 0.6) is 5.75 Å². The number of ether oxygens (including phenoxy) is 1. The number of aliphatic imine (C=N–C) groups is 1. The topological polar surface area (TPSA) is 157 Å². The molecule has 1 saturated heterocycles. The van der Waals surface area contributed by atoms with Crippen LogP contribution in [0.3, 0.4) is 0 Å². The number of piperidine rings is 1.